The molecule has 0 aromatic heterocycles. The maximum atomic E-state index is 12.7. The molecular weight excluding hydrogens is 432 g/mol. The van der Waals surface area contributed by atoms with Gasteiger partial charge in [0, 0.05) is 31.3 Å². The van der Waals surface area contributed by atoms with Crippen LogP contribution in [0, 0.1) is 5.92 Å². The number of alkyl carbamates (subject to hydrolysis) is 1. The van der Waals surface area contributed by atoms with E-state index in [0.29, 0.717) is 19.4 Å². The lowest BCUT2D eigenvalue weighted by Gasteiger charge is -2.33. The zero-order valence-corrected chi connectivity index (χ0v) is 19.3. The quantitative estimate of drug-likeness (QED) is 0.426. The van der Waals surface area contributed by atoms with Gasteiger partial charge in [-0.05, 0) is 53.9 Å². The van der Waals surface area contributed by atoms with Crippen molar-refractivity contribution >= 4 is 18.0 Å². The Morgan fingerprint density at radius 2 is 1.62 bits per heavy atom. The summed E-state index contributed by atoms with van der Waals surface area (Å²) in [4.78, 5) is 35.7. The molecule has 1 saturated carbocycles. The Labute approximate surface area is 199 Å². The summed E-state index contributed by atoms with van der Waals surface area (Å²) in [5, 5.41) is 14.5. The fraction of sp³-hybridized carbons (Fsp3) is 0.444. The van der Waals surface area contributed by atoms with Crippen molar-refractivity contribution in [3.63, 3.8) is 0 Å². The number of carboxylic acids is 1. The second kappa shape index (κ2) is 11.2. The molecule has 180 valence electrons. The molecule has 1 unspecified atom stereocenters. The van der Waals surface area contributed by atoms with Crippen LogP contribution in [0.1, 0.15) is 62.0 Å². The van der Waals surface area contributed by atoms with Gasteiger partial charge in [0.05, 0.1) is 0 Å². The van der Waals surface area contributed by atoms with Gasteiger partial charge < -0.3 is 20.5 Å². The first-order chi connectivity index (χ1) is 16.5. The topological polar surface area (TPSA) is 105 Å². The normalized spacial score (nSPS) is 15.5. The minimum absolute atomic E-state index is 0.00518. The number of ether oxygens (including phenoxy) is 1. The predicted octanol–water partition coefficient (Wildman–Crippen LogP) is 4.46. The van der Waals surface area contributed by atoms with E-state index in [1.807, 2.05) is 24.3 Å². The van der Waals surface area contributed by atoms with Gasteiger partial charge in [0.15, 0.2) is 0 Å². The van der Waals surface area contributed by atoms with E-state index >= 15 is 0 Å². The molecule has 34 heavy (non-hydrogen) atoms. The average Bonchev–Trinajstić information content (AvgIpc) is 3.10. The highest BCUT2D eigenvalue weighted by Gasteiger charge is 2.32. The van der Waals surface area contributed by atoms with Crippen LogP contribution in [-0.2, 0) is 14.3 Å². The summed E-state index contributed by atoms with van der Waals surface area (Å²) in [6, 6.07) is 16.2. The summed E-state index contributed by atoms with van der Waals surface area (Å²) in [6.45, 7) is 0.682. The summed E-state index contributed by atoms with van der Waals surface area (Å²) >= 11 is 0. The van der Waals surface area contributed by atoms with E-state index in [2.05, 4.69) is 34.9 Å². The smallest absolute Gasteiger partial charge is 0.407 e. The van der Waals surface area contributed by atoms with Crippen molar-refractivity contribution in [2.45, 2.75) is 56.9 Å². The molecule has 2 aromatic carbocycles. The van der Waals surface area contributed by atoms with E-state index in [-0.39, 0.29) is 43.2 Å². The first-order valence-corrected chi connectivity index (χ1v) is 12.1. The summed E-state index contributed by atoms with van der Waals surface area (Å²) < 4.78 is 5.67. The molecule has 1 fully saturated rings. The number of carboxylic acid groups (broad SMARTS) is 1. The second-order valence-electron chi connectivity index (χ2n) is 9.17. The van der Waals surface area contributed by atoms with Gasteiger partial charge >= 0.3 is 12.1 Å². The lowest BCUT2D eigenvalue weighted by molar-refractivity contribution is -0.137. The third-order valence-electron chi connectivity index (χ3n) is 6.91. The van der Waals surface area contributed by atoms with Crippen molar-refractivity contribution in [1.82, 2.24) is 10.6 Å². The van der Waals surface area contributed by atoms with E-state index in [1.54, 1.807) is 0 Å². The average molecular weight is 465 g/mol. The minimum atomic E-state index is -0.830. The van der Waals surface area contributed by atoms with E-state index in [1.165, 1.54) is 11.1 Å². The number of carbonyl (C=O) groups excluding carboxylic acids is 2. The van der Waals surface area contributed by atoms with Gasteiger partial charge in [0.2, 0.25) is 5.91 Å². The molecule has 2 aliphatic carbocycles. The van der Waals surface area contributed by atoms with Gasteiger partial charge in [-0.25, -0.2) is 4.79 Å². The van der Waals surface area contributed by atoms with Crippen molar-refractivity contribution < 1.29 is 24.2 Å². The van der Waals surface area contributed by atoms with E-state index < -0.39 is 12.1 Å². The van der Waals surface area contributed by atoms with Crippen molar-refractivity contribution in [3.8, 4) is 11.1 Å². The molecular formula is C27H32N2O5. The predicted molar refractivity (Wildman–Crippen MR) is 128 cm³/mol. The van der Waals surface area contributed by atoms with Crippen LogP contribution >= 0.6 is 0 Å². The number of benzene rings is 2. The zero-order valence-electron chi connectivity index (χ0n) is 19.3. The molecule has 0 saturated heterocycles. The molecule has 1 atom stereocenters. The molecule has 0 aliphatic heterocycles. The summed E-state index contributed by atoms with van der Waals surface area (Å²) in [6.07, 6.45) is 4.03. The van der Waals surface area contributed by atoms with Gasteiger partial charge in [0.1, 0.15) is 6.61 Å². The minimum Gasteiger partial charge on any atom is -0.481 e. The van der Waals surface area contributed by atoms with Crippen molar-refractivity contribution in [1.29, 1.82) is 0 Å². The van der Waals surface area contributed by atoms with Crippen molar-refractivity contribution in [2.75, 3.05) is 13.2 Å². The van der Waals surface area contributed by atoms with Crippen LogP contribution in [0.3, 0.4) is 0 Å². The summed E-state index contributed by atoms with van der Waals surface area (Å²) in [7, 11) is 0. The third-order valence-corrected chi connectivity index (χ3v) is 6.91. The van der Waals surface area contributed by atoms with Crippen LogP contribution in [0.5, 0.6) is 0 Å². The number of hydrogen-bond acceptors (Lipinski definition) is 4. The number of hydrogen-bond donors (Lipinski definition) is 3. The molecule has 0 spiro atoms. The van der Waals surface area contributed by atoms with Crippen LogP contribution in [0.25, 0.3) is 11.1 Å². The highest BCUT2D eigenvalue weighted by atomic mass is 16.5. The van der Waals surface area contributed by atoms with Gasteiger partial charge in [0.25, 0.3) is 0 Å². The molecule has 2 amide bonds. The van der Waals surface area contributed by atoms with E-state index in [0.717, 1.165) is 30.4 Å². The standard InChI is InChI=1S/C27H32N2O5/c30-25(28-15-6-5-14-26(31)32)16-24(18-8-7-9-18)29-27(33)34-17-23-21-12-3-1-10-19(21)20-11-2-4-13-22(20)23/h1-4,10-13,18,23-24H,5-9,14-17H2,(H,28,30)(H,29,33)(H,31,32). The van der Waals surface area contributed by atoms with Gasteiger partial charge in [-0.1, -0.05) is 55.0 Å². The maximum absolute atomic E-state index is 12.7. The van der Waals surface area contributed by atoms with Gasteiger partial charge in [-0.15, -0.1) is 0 Å². The van der Waals surface area contributed by atoms with Crippen molar-refractivity contribution in [3.05, 3.63) is 59.7 Å². The Morgan fingerprint density at radius 1 is 0.971 bits per heavy atom. The Hall–Kier alpha value is -3.35. The van der Waals surface area contributed by atoms with Crippen LogP contribution < -0.4 is 10.6 Å². The maximum Gasteiger partial charge on any atom is 0.407 e. The Kier molecular flexibility index (Phi) is 7.83. The highest BCUT2D eigenvalue weighted by Crippen LogP contribution is 2.44. The molecule has 4 rings (SSSR count). The molecule has 0 heterocycles. The monoisotopic (exact) mass is 464 g/mol. The fourth-order valence-electron chi connectivity index (χ4n) is 4.87. The van der Waals surface area contributed by atoms with E-state index in [9.17, 15) is 14.4 Å². The number of carbonyl (C=O) groups is 3. The first kappa shape index (κ1) is 23.8. The van der Waals surface area contributed by atoms with Crippen LogP contribution in [0.2, 0.25) is 0 Å². The molecule has 7 heteroatoms. The van der Waals surface area contributed by atoms with Gasteiger partial charge in [-0.2, -0.15) is 0 Å². The fourth-order valence-corrected chi connectivity index (χ4v) is 4.87. The molecule has 7 nitrogen and oxygen atoms in total. The van der Waals surface area contributed by atoms with Crippen molar-refractivity contribution in [2.24, 2.45) is 5.92 Å². The third kappa shape index (κ3) is 5.76. The number of amides is 2. The second-order valence-corrected chi connectivity index (χ2v) is 9.17. The number of unbranched alkanes of at least 4 members (excludes halogenated alkanes) is 1. The Balaban J connectivity index is 1.29. The zero-order chi connectivity index (χ0) is 23.9. The van der Waals surface area contributed by atoms with Crippen LogP contribution in [0.4, 0.5) is 4.79 Å². The Morgan fingerprint density at radius 3 is 2.21 bits per heavy atom. The molecule has 2 aliphatic rings. The molecule has 0 bridgehead atoms. The lowest BCUT2D eigenvalue weighted by atomic mass is 9.78. The van der Waals surface area contributed by atoms with Crippen LogP contribution in [0.15, 0.2) is 48.5 Å². The SMILES string of the molecule is O=C(O)CCCCNC(=O)CC(NC(=O)OCC1c2ccccc2-c2ccccc21)C1CCC1. The van der Waals surface area contributed by atoms with Crippen LogP contribution in [-0.4, -0.2) is 42.3 Å². The number of fused-ring (bicyclic) bond motifs is 3. The molecule has 2 aromatic rings. The Bertz CT molecular complexity index is 988. The lowest BCUT2D eigenvalue weighted by Crippen LogP contribution is -2.46. The summed E-state index contributed by atoms with van der Waals surface area (Å²) in [5.74, 6) is -0.692. The number of rotatable bonds is 11. The molecule has 3 N–H and O–H groups in total. The highest BCUT2D eigenvalue weighted by molar-refractivity contribution is 5.79. The van der Waals surface area contributed by atoms with Gasteiger partial charge in [-0.3, -0.25) is 9.59 Å². The number of nitrogens with one attached hydrogen (secondary N) is 2. The molecule has 0 radical (unpaired) electrons. The largest absolute Gasteiger partial charge is 0.481 e. The van der Waals surface area contributed by atoms with E-state index in [4.69, 9.17) is 9.84 Å². The first-order valence-electron chi connectivity index (χ1n) is 12.1. The summed E-state index contributed by atoms with van der Waals surface area (Å²) in [5.41, 5.74) is 4.68. The number of aliphatic carboxylic acids is 1.